The molecule has 0 radical (unpaired) electrons. The highest BCUT2D eigenvalue weighted by Crippen LogP contribution is 2.40. The maximum atomic E-state index is 13.1. The van der Waals surface area contributed by atoms with E-state index in [-0.39, 0.29) is 18.3 Å². The first-order valence-electron chi connectivity index (χ1n) is 6.31. The van der Waals surface area contributed by atoms with Gasteiger partial charge in [0.15, 0.2) is 5.54 Å². The van der Waals surface area contributed by atoms with E-state index in [4.69, 9.17) is 4.74 Å². The number of hydrogen-bond donors (Lipinski definition) is 2. The van der Waals surface area contributed by atoms with Crippen LogP contribution in [0, 0.1) is 18.7 Å². The molecule has 1 saturated carbocycles. The van der Waals surface area contributed by atoms with Gasteiger partial charge >= 0.3 is 5.97 Å². The first-order chi connectivity index (χ1) is 8.99. The van der Waals surface area contributed by atoms with Crippen molar-refractivity contribution in [3.63, 3.8) is 0 Å². The fourth-order valence-electron chi connectivity index (χ4n) is 2.22. The number of likely N-dealkylation sites (N-methyl/N-ethyl adjacent to an activating group) is 1. The second kappa shape index (κ2) is 5.17. The molecule has 1 fully saturated rings. The zero-order valence-electron chi connectivity index (χ0n) is 11.1. The van der Waals surface area contributed by atoms with Gasteiger partial charge < -0.3 is 15.2 Å². The average molecular weight is 267 g/mol. The second-order valence-electron chi connectivity index (χ2n) is 5.00. The van der Waals surface area contributed by atoms with E-state index in [1.165, 1.54) is 12.1 Å². The molecular formula is C14H18FNO3. The van der Waals surface area contributed by atoms with Crippen molar-refractivity contribution in [3.8, 4) is 5.75 Å². The van der Waals surface area contributed by atoms with Crippen molar-refractivity contribution in [3.05, 3.63) is 29.6 Å². The van der Waals surface area contributed by atoms with Gasteiger partial charge in [0.05, 0.1) is 0 Å². The SMILES string of the molecule is CNC(COc1ccc(F)c(C)c1)(C(=O)O)C1CC1. The third kappa shape index (κ3) is 2.71. The minimum absolute atomic E-state index is 0.0363. The molecule has 1 unspecified atom stereocenters. The summed E-state index contributed by atoms with van der Waals surface area (Å²) < 4.78 is 18.7. The van der Waals surface area contributed by atoms with Gasteiger partial charge in [0.25, 0.3) is 0 Å². The number of halogens is 1. The van der Waals surface area contributed by atoms with Gasteiger partial charge in [-0.1, -0.05) is 0 Å². The fourth-order valence-corrected chi connectivity index (χ4v) is 2.22. The molecule has 1 aromatic carbocycles. The summed E-state index contributed by atoms with van der Waals surface area (Å²) >= 11 is 0. The Morgan fingerprint density at radius 1 is 1.58 bits per heavy atom. The summed E-state index contributed by atoms with van der Waals surface area (Å²) in [5.74, 6) is -0.624. The van der Waals surface area contributed by atoms with Crippen LogP contribution in [0.4, 0.5) is 4.39 Å². The van der Waals surface area contributed by atoms with E-state index in [2.05, 4.69) is 5.32 Å². The molecule has 0 aromatic heterocycles. The van der Waals surface area contributed by atoms with Crippen molar-refractivity contribution < 1.29 is 19.0 Å². The molecule has 1 aliphatic carbocycles. The minimum Gasteiger partial charge on any atom is -0.491 e. The Morgan fingerprint density at radius 3 is 2.74 bits per heavy atom. The van der Waals surface area contributed by atoms with Gasteiger partial charge in [-0.15, -0.1) is 0 Å². The number of ether oxygens (including phenoxy) is 1. The van der Waals surface area contributed by atoms with Crippen LogP contribution in [-0.4, -0.2) is 30.3 Å². The van der Waals surface area contributed by atoms with Crippen molar-refractivity contribution in [2.24, 2.45) is 5.92 Å². The Balaban J connectivity index is 2.10. The molecule has 0 saturated heterocycles. The summed E-state index contributed by atoms with van der Waals surface area (Å²) in [6.45, 7) is 1.68. The highest BCUT2D eigenvalue weighted by molar-refractivity contribution is 5.80. The number of carboxylic acid groups (broad SMARTS) is 1. The van der Waals surface area contributed by atoms with E-state index >= 15 is 0 Å². The molecule has 0 aliphatic heterocycles. The van der Waals surface area contributed by atoms with Gasteiger partial charge in [-0.2, -0.15) is 0 Å². The van der Waals surface area contributed by atoms with Crippen molar-refractivity contribution in [2.45, 2.75) is 25.3 Å². The Labute approximate surface area is 111 Å². The molecule has 4 nitrogen and oxygen atoms in total. The van der Waals surface area contributed by atoms with Crippen molar-refractivity contribution in [1.29, 1.82) is 0 Å². The first-order valence-corrected chi connectivity index (χ1v) is 6.31. The van der Waals surface area contributed by atoms with Crippen LogP contribution in [0.25, 0.3) is 0 Å². The van der Waals surface area contributed by atoms with E-state index in [0.717, 1.165) is 12.8 Å². The number of nitrogens with one attached hydrogen (secondary N) is 1. The first kappa shape index (κ1) is 13.8. The van der Waals surface area contributed by atoms with Crippen LogP contribution in [0.5, 0.6) is 5.75 Å². The van der Waals surface area contributed by atoms with E-state index in [0.29, 0.717) is 11.3 Å². The molecule has 1 aromatic rings. The summed E-state index contributed by atoms with van der Waals surface area (Å²) in [6, 6.07) is 4.41. The van der Waals surface area contributed by atoms with Gasteiger partial charge in [0.1, 0.15) is 18.2 Å². The highest BCUT2D eigenvalue weighted by Gasteiger charge is 2.51. The molecule has 0 heterocycles. The zero-order valence-corrected chi connectivity index (χ0v) is 11.1. The van der Waals surface area contributed by atoms with Gasteiger partial charge in [0, 0.05) is 0 Å². The molecule has 0 spiro atoms. The number of aryl methyl sites for hydroxylation is 1. The van der Waals surface area contributed by atoms with Crippen LogP contribution < -0.4 is 10.1 Å². The lowest BCUT2D eigenvalue weighted by molar-refractivity contribution is -0.147. The average Bonchev–Trinajstić information content (AvgIpc) is 3.19. The number of aliphatic carboxylic acids is 1. The maximum absolute atomic E-state index is 13.1. The predicted octanol–water partition coefficient (Wildman–Crippen LogP) is 1.97. The predicted molar refractivity (Wildman–Crippen MR) is 68.8 cm³/mol. The molecular weight excluding hydrogens is 249 g/mol. The molecule has 2 rings (SSSR count). The molecule has 5 heteroatoms. The molecule has 2 N–H and O–H groups in total. The molecule has 1 aliphatic rings. The molecule has 19 heavy (non-hydrogen) atoms. The monoisotopic (exact) mass is 267 g/mol. The summed E-state index contributed by atoms with van der Waals surface area (Å²) in [4.78, 5) is 11.5. The summed E-state index contributed by atoms with van der Waals surface area (Å²) in [5.41, 5.74) is -0.572. The number of hydrogen-bond acceptors (Lipinski definition) is 3. The third-order valence-corrected chi connectivity index (χ3v) is 3.70. The van der Waals surface area contributed by atoms with Crippen LogP contribution >= 0.6 is 0 Å². The fraction of sp³-hybridized carbons (Fsp3) is 0.500. The maximum Gasteiger partial charge on any atom is 0.327 e. The number of rotatable bonds is 6. The normalized spacial score (nSPS) is 17.8. The number of carbonyl (C=O) groups is 1. The molecule has 0 amide bonds. The third-order valence-electron chi connectivity index (χ3n) is 3.70. The van der Waals surface area contributed by atoms with Gasteiger partial charge in [-0.25, -0.2) is 4.39 Å². The molecule has 1 atom stereocenters. The van der Waals surface area contributed by atoms with Gasteiger partial charge in [0.2, 0.25) is 0 Å². The Morgan fingerprint density at radius 2 is 2.26 bits per heavy atom. The number of carboxylic acids is 1. The lowest BCUT2D eigenvalue weighted by atomic mass is 9.94. The smallest absolute Gasteiger partial charge is 0.327 e. The van der Waals surface area contributed by atoms with Crippen LogP contribution in [0.3, 0.4) is 0 Å². The van der Waals surface area contributed by atoms with E-state index in [1.807, 2.05) is 0 Å². The van der Waals surface area contributed by atoms with Crippen molar-refractivity contribution in [2.75, 3.05) is 13.7 Å². The van der Waals surface area contributed by atoms with E-state index < -0.39 is 11.5 Å². The van der Waals surface area contributed by atoms with E-state index in [1.54, 1.807) is 20.0 Å². The molecule has 104 valence electrons. The lowest BCUT2D eigenvalue weighted by Crippen LogP contribution is -2.56. The van der Waals surface area contributed by atoms with Crippen LogP contribution in [-0.2, 0) is 4.79 Å². The minimum atomic E-state index is -1.05. The van der Waals surface area contributed by atoms with Crippen LogP contribution in [0.15, 0.2) is 18.2 Å². The summed E-state index contributed by atoms with van der Waals surface area (Å²) in [6.07, 6.45) is 1.78. The Bertz CT molecular complexity index is 488. The van der Waals surface area contributed by atoms with E-state index in [9.17, 15) is 14.3 Å². The molecule has 0 bridgehead atoms. The standard InChI is InChI=1S/C14H18FNO3/c1-9-7-11(5-6-12(9)15)19-8-14(16-2,13(17)18)10-3-4-10/h5-7,10,16H,3-4,8H2,1-2H3,(H,17,18). The van der Waals surface area contributed by atoms with Crippen molar-refractivity contribution in [1.82, 2.24) is 5.32 Å². The van der Waals surface area contributed by atoms with Crippen molar-refractivity contribution >= 4 is 5.97 Å². The lowest BCUT2D eigenvalue weighted by Gasteiger charge is -2.29. The second-order valence-corrected chi connectivity index (χ2v) is 5.00. The van der Waals surface area contributed by atoms with Gasteiger partial charge in [-0.05, 0) is 56.5 Å². The Hall–Kier alpha value is -1.62. The topological polar surface area (TPSA) is 58.6 Å². The largest absolute Gasteiger partial charge is 0.491 e. The summed E-state index contributed by atoms with van der Waals surface area (Å²) in [5, 5.41) is 12.3. The zero-order chi connectivity index (χ0) is 14.0. The number of benzene rings is 1. The van der Waals surface area contributed by atoms with Crippen LogP contribution in [0.2, 0.25) is 0 Å². The highest BCUT2D eigenvalue weighted by atomic mass is 19.1. The summed E-state index contributed by atoms with van der Waals surface area (Å²) in [7, 11) is 1.63. The Kier molecular flexibility index (Phi) is 3.75. The van der Waals surface area contributed by atoms with Crippen LogP contribution in [0.1, 0.15) is 18.4 Å². The van der Waals surface area contributed by atoms with Gasteiger partial charge in [-0.3, -0.25) is 4.79 Å². The quantitative estimate of drug-likeness (QED) is 0.827.